The average Bonchev–Trinajstić information content (AvgIpc) is 2.78. The molecule has 0 spiro atoms. The molecule has 18 heavy (non-hydrogen) atoms. The molecular formula is C14H26N4. The number of rotatable bonds is 6. The Kier molecular flexibility index (Phi) is 5.20. The van der Waals surface area contributed by atoms with Crippen molar-refractivity contribution in [3.63, 3.8) is 0 Å². The van der Waals surface area contributed by atoms with Crippen molar-refractivity contribution in [3.05, 3.63) is 18.2 Å². The highest BCUT2D eigenvalue weighted by atomic mass is 15.2. The summed E-state index contributed by atoms with van der Waals surface area (Å²) in [4.78, 5) is 6.67. The Labute approximate surface area is 110 Å². The van der Waals surface area contributed by atoms with Gasteiger partial charge in [-0.2, -0.15) is 0 Å². The van der Waals surface area contributed by atoms with Crippen LogP contribution in [0.3, 0.4) is 0 Å². The molecule has 0 saturated carbocycles. The summed E-state index contributed by atoms with van der Waals surface area (Å²) in [6.07, 6.45) is 9.14. The molecule has 1 unspecified atom stereocenters. The molecule has 0 radical (unpaired) electrons. The van der Waals surface area contributed by atoms with Crippen molar-refractivity contribution >= 4 is 0 Å². The highest BCUT2D eigenvalue weighted by Gasteiger charge is 2.15. The first kappa shape index (κ1) is 13.6. The third-order valence-electron chi connectivity index (χ3n) is 3.64. The normalized spacial score (nSPS) is 20.5. The highest BCUT2D eigenvalue weighted by Crippen LogP contribution is 2.10. The van der Waals surface area contributed by atoms with Gasteiger partial charge < -0.3 is 9.88 Å². The summed E-state index contributed by atoms with van der Waals surface area (Å²) in [6, 6.07) is 0.672. The van der Waals surface area contributed by atoms with Crippen molar-refractivity contribution in [2.45, 2.75) is 51.7 Å². The van der Waals surface area contributed by atoms with Crippen molar-refractivity contribution in [1.29, 1.82) is 0 Å². The minimum absolute atomic E-state index is 0.672. The minimum Gasteiger partial charge on any atom is -0.333 e. The lowest BCUT2D eigenvalue weighted by atomic mass is 10.0. The zero-order valence-electron chi connectivity index (χ0n) is 11.7. The van der Waals surface area contributed by atoms with Gasteiger partial charge in [0.2, 0.25) is 0 Å². The van der Waals surface area contributed by atoms with Gasteiger partial charge >= 0.3 is 0 Å². The van der Waals surface area contributed by atoms with Gasteiger partial charge in [0.05, 0.1) is 12.0 Å². The van der Waals surface area contributed by atoms with Crippen LogP contribution in [0.15, 0.2) is 12.5 Å². The predicted octanol–water partition coefficient (Wildman–Crippen LogP) is 1.87. The van der Waals surface area contributed by atoms with Crippen molar-refractivity contribution in [3.8, 4) is 0 Å². The van der Waals surface area contributed by atoms with Gasteiger partial charge in [0.25, 0.3) is 0 Å². The van der Waals surface area contributed by atoms with Crippen molar-refractivity contribution in [1.82, 2.24) is 19.8 Å². The third-order valence-corrected chi connectivity index (χ3v) is 3.64. The zero-order chi connectivity index (χ0) is 12.8. The second-order valence-electron chi connectivity index (χ2n) is 5.42. The van der Waals surface area contributed by atoms with E-state index in [1.54, 1.807) is 0 Å². The van der Waals surface area contributed by atoms with Gasteiger partial charge in [-0.1, -0.05) is 13.3 Å². The van der Waals surface area contributed by atoms with Crippen LogP contribution in [-0.4, -0.2) is 40.6 Å². The minimum atomic E-state index is 0.672. The molecule has 1 atom stereocenters. The summed E-state index contributed by atoms with van der Waals surface area (Å²) in [7, 11) is 2.21. The first-order valence-electron chi connectivity index (χ1n) is 7.20. The van der Waals surface area contributed by atoms with Crippen molar-refractivity contribution in [2.75, 3.05) is 20.1 Å². The van der Waals surface area contributed by atoms with Crippen LogP contribution in [0.25, 0.3) is 0 Å². The summed E-state index contributed by atoms with van der Waals surface area (Å²) in [5.41, 5.74) is 1.33. The molecule has 2 heterocycles. The highest BCUT2D eigenvalue weighted by molar-refractivity contribution is 4.98. The molecule has 2 rings (SSSR count). The lowest BCUT2D eigenvalue weighted by Crippen LogP contribution is -2.42. The zero-order valence-corrected chi connectivity index (χ0v) is 11.7. The number of nitrogens with zero attached hydrogens (tertiary/aromatic N) is 3. The molecule has 1 N–H and O–H groups in total. The summed E-state index contributed by atoms with van der Waals surface area (Å²) < 4.78 is 2.27. The van der Waals surface area contributed by atoms with Gasteiger partial charge in [0.15, 0.2) is 0 Å². The number of nitrogens with one attached hydrogen (secondary N) is 1. The quantitative estimate of drug-likeness (QED) is 0.836. The molecule has 1 aliphatic rings. The molecule has 1 fully saturated rings. The molecule has 0 amide bonds. The number of aryl methyl sites for hydroxylation is 1. The fourth-order valence-electron chi connectivity index (χ4n) is 2.72. The Balaban J connectivity index is 1.82. The maximum atomic E-state index is 4.26. The second kappa shape index (κ2) is 6.90. The maximum absolute atomic E-state index is 4.26. The summed E-state index contributed by atoms with van der Waals surface area (Å²) in [6.45, 7) is 6.60. The van der Waals surface area contributed by atoms with Crippen LogP contribution in [0.4, 0.5) is 0 Å². The van der Waals surface area contributed by atoms with Crippen LogP contribution in [0.5, 0.6) is 0 Å². The van der Waals surface area contributed by atoms with Gasteiger partial charge in [-0.05, 0) is 32.9 Å². The topological polar surface area (TPSA) is 33.1 Å². The monoisotopic (exact) mass is 250 g/mol. The lowest BCUT2D eigenvalue weighted by molar-refractivity contribution is 0.251. The number of imidazole rings is 1. The van der Waals surface area contributed by atoms with E-state index in [0.29, 0.717) is 6.04 Å². The van der Waals surface area contributed by atoms with Gasteiger partial charge in [0.1, 0.15) is 0 Å². The van der Waals surface area contributed by atoms with E-state index in [4.69, 9.17) is 0 Å². The van der Waals surface area contributed by atoms with Crippen LogP contribution in [0.2, 0.25) is 0 Å². The first-order chi connectivity index (χ1) is 8.79. The third kappa shape index (κ3) is 3.82. The smallest absolute Gasteiger partial charge is 0.0948 e. The van der Waals surface area contributed by atoms with Gasteiger partial charge in [-0.3, -0.25) is 4.90 Å². The Bertz CT molecular complexity index is 341. The molecular weight excluding hydrogens is 224 g/mol. The first-order valence-corrected chi connectivity index (χ1v) is 7.20. The Morgan fingerprint density at radius 3 is 3.11 bits per heavy atom. The Morgan fingerprint density at radius 2 is 2.39 bits per heavy atom. The van der Waals surface area contributed by atoms with E-state index >= 15 is 0 Å². The van der Waals surface area contributed by atoms with E-state index in [9.17, 15) is 0 Å². The molecule has 1 aromatic rings. The average molecular weight is 250 g/mol. The number of likely N-dealkylation sites (N-methyl/N-ethyl adjacent to an activating group) is 1. The van der Waals surface area contributed by atoms with E-state index < -0.39 is 0 Å². The van der Waals surface area contributed by atoms with E-state index in [-0.39, 0.29) is 0 Å². The van der Waals surface area contributed by atoms with E-state index in [0.717, 1.165) is 26.1 Å². The number of hydrogen-bond donors (Lipinski definition) is 1. The number of aromatic nitrogens is 2. The SMILES string of the molecule is CCCn1cncc1CN(C)CC1CCCCN1. The maximum Gasteiger partial charge on any atom is 0.0948 e. The Morgan fingerprint density at radius 1 is 1.50 bits per heavy atom. The fourth-order valence-corrected chi connectivity index (χ4v) is 2.72. The van der Waals surface area contributed by atoms with Gasteiger partial charge in [-0.15, -0.1) is 0 Å². The molecule has 1 aromatic heterocycles. The van der Waals surface area contributed by atoms with E-state index in [1.165, 1.54) is 31.5 Å². The van der Waals surface area contributed by atoms with Crippen LogP contribution < -0.4 is 5.32 Å². The van der Waals surface area contributed by atoms with E-state index in [2.05, 4.69) is 33.7 Å². The van der Waals surface area contributed by atoms with Crippen LogP contribution in [0.1, 0.15) is 38.3 Å². The largest absolute Gasteiger partial charge is 0.333 e. The summed E-state index contributed by atoms with van der Waals surface area (Å²) in [5, 5.41) is 3.61. The Hall–Kier alpha value is -0.870. The molecule has 4 heteroatoms. The molecule has 4 nitrogen and oxygen atoms in total. The predicted molar refractivity (Wildman–Crippen MR) is 74.5 cm³/mol. The lowest BCUT2D eigenvalue weighted by Gasteiger charge is -2.28. The second-order valence-corrected chi connectivity index (χ2v) is 5.42. The van der Waals surface area contributed by atoms with E-state index in [1.807, 2.05) is 12.5 Å². The molecule has 1 aliphatic heterocycles. The summed E-state index contributed by atoms with van der Waals surface area (Å²) in [5.74, 6) is 0. The van der Waals surface area contributed by atoms with Crippen molar-refractivity contribution in [2.24, 2.45) is 0 Å². The molecule has 102 valence electrons. The van der Waals surface area contributed by atoms with Crippen LogP contribution >= 0.6 is 0 Å². The standard InChI is InChI=1S/C14H26N4/c1-3-8-18-12-15-9-14(18)11-17(2)10-13-6-4-5-7-16-13/h9,12-13,16H,3-8,10-11H2,1-2H3. The van der Waals surface area contributed by atoms with Crippen molar-refractivity contribution < 1.29 is 0 Å². The molecule has 1 saturated heterocycles. The van der Waals surface area contributed by atoms with Crippen LogP contribution in [0, 0.1) is 0 Å². The molecule has 0 bridgehead atoms. The van der Waals surface area contributed by atoms with Gasteiger partial charge in [0, 0.05) is 31.9 Å². The van der Waals surface area contributed by atoms with Gasteiger partial charge in [-0.25, -0.2) is 4.98 Å². The molecule has 0 aliphatic carbocycles. The number of piperidine rings is 1. The fraction of sp³-hybridized carbons (Fsp3) is 0.786. The number of hydrogen-bond acceptors (Lipinski definition) is 3. The summed E-state index contributed by atoms with van der Waals surface area (Å²) >= 11 is 0. The molecule has 0 aromatic carbocycles. The van der Waals surface area contributed by atoms with Crippen LogP contribution in [-0.2, 0) is 13.1 Å².